The molecule has 2 fully saturated rings. The van der Waals surface area contributed by atoms with Crippen molar-refractivity contribution in [3.63, 3.8) is 0 Å². The second-order valence-electron chi connectivity index (χ2n) is 7.64. The molecule has 2 aromatic rings. The van der Waals surface area contributed by atoms with Gasteiger partial charge in [-0.2, -0.15) is 0 Å². The van der Waals surface area contributed by atoms with Crippen molar-refractivity contribution in [1.82, 2.24) is 4.90 Å². The zero-order valence-corrected chi connectivity index (χ0v) is 16.2. The van der Waals surface area contributed by atoms with Crippen molar-refractivity contribution in [3.05, 3.63) is 65.5 Å². The number of likely N-dealkylation sites (tertiary alicyclic amines) is 1. The normalized spacial score (nSPS) is 21.5. The van der Waals surface area contributed by atoms with Gasteiger partial charge < -0.3 is 14.4 Å². The maximum Gasteiger partial charge on any atom is 0.233 e. The Kier molecular flexibility index (Phi) is 5.36. The molecule has 0 aromatic heterocycles. The van der Waals surface area contributed by atoms with E-state index in [1.807, 2.05) is 29.2 Å². The number of nitrogens with zero attached hydrogens (tertiary/aromatic N) is 1. The molecule has 2 heterocycles. The Hall–Kier alpha value is -2.40. The smallest absolute Gasteiger partial charge is 0.233 e. The van der Waals surface area contributed by atoms with Crippen LogP contribution in [-0.2, 0) is 14.9 Å². The van der Waals surface area contributed by atoms with Crippen LogP contribution >= 0.6 is 0 Å². The highest BCUT2D eigenvalue weighted by Gasteiger charge is 2.46. The Bertz CT molecular complexity index is 847. The molecule has 0 saturated carbocycles. The lowest BCUT2D eigenvalue weighted by molar-refractivity contribution is -0.142. The van der Waals surface area contributed by atoms with E-state index in [0.717, 1.165) is 36.3 Å². The maximum atomic E-state index is 14.0. The van der Waals surface area contributed by atoms with Crippen LogP contribution < -0.4 is 4.74 Å². The summed E-state index contributed by atoms with van der Waals surface area (Å²) < 4.78 is 24.9. The first-order valence-electron chi connectivity index (χ1n) is 9.93. The fraction of sp³-hybridized carbons (Fsp3) is 0.435. The Morgan fingerprint density at radius 1 is 1.18 bits per heavy atom. The van der Waals surface area contributed by atoms with Crippen molar-refractivity contribution in [3.8, 4) is 5.75 Å². The minimum Gasteiger partial charge on any atom is -0.497 e. The molecular weight excluding hydrogens is 357 g/mol. The van der Waals surface area contributed by atoms with E-state index in [1.165, 1.54) is 12.1 Å². The maximum absolute atomic E-state index is 14.0. The standard InChI is InChI=1S/C23H26FNO3/c1-27-20-8-2-5-17(15-20)21-9-4-12-25(21)22(26)23(10-13-28-14-11-23)18-6-3-7-19(24)16-18/h2-3,5-8,15-16,21H,4,9-14H2,1H3/t21-/m1/s1. The predicted molar refractivity (Wildman–Crippen MR) is 105 cm³/mol. The molecule has 1 atom stereocenters. The number of carbonyl (C=O) groups excluding carboxylic acids is 1. The largest absolute Gasteiger partial charge is 0.497 e. The Balaban J connectivity index is 1.70. The van der Waals surface area contributed by atoms with Gasteiger partial charge in [-0.3, -0.25) is 4.79 Å². The molecule has 4 rings (SSSR count). The number of methoxy groups -OCH3 is 1. The van der Waals surface area contributed by atoms with Crippen LogP contribution in [0.5, 0.6) is 5.75 Å². The molecule has 0 bridgehead atoms. The Morgan fingerprint density at radius 2 is 1.96 bits per heavy atom. The van der Waals surface area contributed by atoms with Crippen LogP contribution in [0.4, 0.5) is 4.39 Å². The minimum atomic E-state index is -0.720. The lowest BCUT2D eigenvalue weighted by atomic mass is 9.72. The van der Waals surface area contributed by atoms with Crippen molar-refractivity contribution >= 4 is 5.91 Å². The monoisotopic (exact) mass is 383 g/mol. The van der Waals surface area contributed by atoms with Crippen molar-refractivity contribution in [1.29, 1.82) is 0 Å². The highest BCUT2D eigenvalue weighted by molar-refractivity contribution is 5.89. The second kappa shape index (κ2) is 7.92. The van der Waals surface area contributed by atoms with E-state index >= 15 is 0 Å². The summed E-state index contributed by atoms with van der Waals surface area (Å²) in [4.78, 5) is 15.9. The van der Waals surface area contributed by atoms with Gasteiger partial charge in [0.1, 0.15) is 11.6 Å². The van der Waals surface area contributed by atoms with Gasteiger partial charge in [0.25, 0.3) is 0 Å². The average molecular weight is 383 g/mol. The molecule has 2 aliphatic heterocycles. The first-order chi connectivity index (χ1) is 13.6. The second-order valence-corrected chi connectivity index (χ2v) is 7.64. The highest BCUT2D eigenvalue weighted by Crippen LogP contribution is 2.42. The predicted octanol–water partition coefficient (Wildman–Crippen LogP) is 4.25. The zero-order valence-electron chi connectivity index (χ0n) is 16.2. The van der Waals surface area contributed by atoms with Gasteiger partial charge in [0.15, 0.2) is 0 Å². The number of rotatable bonds is 4. The van der Waals surface area contributed by atoms with E-state index in [4.69, 9.17) is 9.47 Å². The first kappa shape index (κ1) is 18.9. The van der Waals surface area contributed by atoms with E-state index in [1.54, 1.807) is 13.2 Å². The number of halogens is 1. The lowest BCUT2D eigenvalue weighted by Crippen LogP contribution is -2.49. The van der Waals surface area contributed by atoms with E-state index in [-0.39, 0.29) is 17.8 Å². The van der Waals surface area contributed by atoms with Gasteiger partial charge in [-0.15, -0.1) is 0 Å². The summed E-state index contributed by atoms with van der Waals surface area (Å²) in [5.74, 6) is 0.580. The van der Waals surface area contributed by atoms with Gasteiger partial charge in [0.05, 0.1) is 18.6 Å². The van der Waals surface area contributed by atoms with Crippen LogP contribution in [0.25, 0.3) is 0 Å². The summed E-state index contributed by atoms with van der Waals surface area (Å²) in [6.45, 7) is 1.75. The fourth-order valence-corrected chi connectivity index (χ4v) is 4.61. The van der Waals surface area contributed by atoms with Crippen LogP contribution in [0, 0.1) is 5.82 Å². The van der Waals surface area contributed by atoms with Crippen molar-refractivity contribution in [2.75, 3.05) is 26.9 Å². The number of ether oxygens (including phenoxy) is 2. The molecule has 2 aliphatic rings. The van der Waals surface area contributed by atoms with Gasteiger partial charge in [0, 0.05) is 19.8 Å². The van der Waals surface area contributed by atoms with Crippen LogP contribution in [0.1, 0.15) is 42.9 Å². The summed E-state index contributed by atoms with van der Waals surface area (Å²) in [5.41, 5.74) is 1.13. The van der Waals surface area contributed by atoms with E-state index in [2.05, 4.69) is 6.07 Å². The molecule has 28 heavy (non-hydrogen) atoms. The van der Waals surface area contributed by atoms with E-state index < -0.39 is 5.41 Å². The minimum absolute atomic E-state index is 0.0240. The average Bonchev–Trinajstić information content (AvgIpc) is 3.23. The SMILES string of the molecule is COc1cccc([C@H]2CCCN2C(=O)C2(c3cccc(F)c3)CCOCC2)c1. The summed E-state index contributed by atoms with van der Waals surface area (Å²) in [6.07, 6.45) is 3.05. The molecule has 0 radical (unpaired) electrons. The summed E-state index contributed by atoms with van der Waals surface area (Å²) in [5, 5.41) is 0. The molecule has 0 N–H and O–H groups in total. The van der Waals surface area contributed by atoms with Gasteiger partial charge in [0.2, 0.25) is 5.91 Å². The third-order valence-corrected chi connectivity index (χ3v) is 6.13. The number of hydrogen-bond donors (Lipinski definition) is 0. The molecular formula is C23H26FNO3. The van der Waals surface area contributed by atoms with Gasteiger partial charge in [-0.25, -0.2) is 4.39 Å². The van der Waals surface area contributed by atoms with Gasteiger partial charge >= 0.3 is 0 Å². The van der Waals surface area contributed by atoms with Crippen molar-refractivity contribution in [2.45, 2.75) is 37.1 Å². The summed E-state index contributed by atoms with van der Waals surface area (Å²) >= 11 is 0. The first-order valence-corrected chi connectivity index (χ1v) is 9.93. The number of carbonyl (C=O) groups is 1. The third kappa shape index (κ3) is 3.39. The molecule has 2 aromatic carbocycles. The number of hydrogen-bond acceptors (Lipinski definition) is 3. The van der Waals surface area contributed by atoms with Crippen LogP contribution in [0.2, 0.25) is 0 Å². The molecule has 4 nitrogen and oxygen atoms in total. The fourth-order valence-electron chi connectivity index (χ4n) is 4.61. The summed E-state index contributed by atoms with van der Waals surface area (Å²) in [7, 11) is 1.65. The zero-order chi connectivity index (χ0) is 19.6. The number of benzene rings is 2. The Morgan fingerprint density at radius 3 is 2.71 bits per heavy atom. The van der Waals surface area contributed by atoms with Crippen LogP contribution in [0.15, 0.2) is 48.5 Å². The molecule has 2 saturated heterocycles. The van der Waals surface area contributed by atoms with Gasteiger partial charge in [-0.05, 0) is 61.1 Å². The Labute approximate surface area is 165 Å². The lowest BCUT2D eigenvalue weighted by Gasteiger charge is -2.41. The molecule has 0 aliphatic carbocycles. The van der Waals surface area contributed by atoms with Crippen LogP contribution in [0.3, 0.4) is 0 Å². The molecule has 0 unspecified atom stereocenters. The van der Waals surface area contributed by atoms with E-state index in [9.17, 15) is 9.18 Å². The third-order valence-electron chi connectivity index (χ3n) is 6.13. The summed E-state index contributed by atoms with van der Waals surface area (Å²) in [6, 6.07) is 14.5. The molecule has 1 amide bonds. The molecule has 0 spiro atoms. The molecule has 148 valence electrons. The van der Waals surface area contributed by atoms with Crippen molar-refractivity contribution in [2.24, 2.45) is 0 Å². The molecule has 5 heteroatoms. The van der Waals surface area contributed by atoms with Crippen LogP contribution in [-0.4, -0.2) is 37.7 Å². The van der Waals surface area contributed by atoms with Crippen molar-refractivity contribution < 1.29 is 18.7 Å². The van der Waals surface area contributed by atoms with Gasteiger partial charge in [-0.1, -0.05) is 24.3 Å². The topological polar surface area (TPSA) is 38.8 Å². The van der Waals surface area contributed by atoms with E-state index in [0.29, 0.717) is 26.1 Å². The number of amides is 1. The quantitative estimate of drug-likeness (QED) is 0.792. The highest BCUT2D eigenvalue weighted by atomic mass is 19.1.